The molecule has 1 aliphatic heterocycles. The molecule has 21 heavy (non-hydrogen) atoms. The van der Waals surface area contributed by atoms with E-state index in [-0.39, 0.29) is 12.6 Å². The molecule has 0 aromatic rings. The average molecular weight is 312 g/mol. The largest absolute Gasteiger partial charge is 0.481 e. The Hall–Kier alpha value is -1.51. The second kappa shape index (κ2) is 6.97. The van der Waals surface area contributed by atoms with Crippen molar-refractivity contribution >= 4 is 12.0 Å². The number of likely N-dealkylation sites (tertiary alicyclic amines) is 1. The van der Waals surface area contributed by atoms with Crippen LogP contribution in [-0.2, 0) is 9.53 Å². The maximum Gasteiger partial charge on any atom is 0.394 e. The molecule has 1 rings (SSSR count). The number of aliphatic carboxylic acids is 1. The van der Waals surface area contributed by atoms with Crippen LogP contribution in [0.1, 0.15) is 13.3 Å². The first-order valence-electron chi connectivity index (χ1n) is 6.52. The molecule has 1 heterocycles. The van der Waals surface area contributed by atoms with Gasteiger partial charge in [-0.1, -0.05) is 0 Å². The summed E-state index contributed by atoms with van der Waals surface area (Å²) in [6.45, 7) is 0.970. The number of methoxy groups -OCH3 is 1. The number of amides is 2. The molecule has 0 aliphatic carbocycles. The molecule has 0 saturated carbocycles. The van der Waals surface area contributed by atoms with E-state index >= 15 is 0 Å². The van der Waals surface area contributed by atoms with E-state index in [0.29, 0.717) is 6.42 Å². The van der Waals surface area contributed by atoms with Gasteiger partial charge in [-0.3, -0.25) is 4.79 Å². The molecule has 6 nitrogen and oxygen atoms in total. The van der Waals surface area contributed by atoms with Crippen molar-refractivity contribution in [3.8, 4) is 0 Å². The highest BCUT2D eigenvalue weighted by molar-refractivity contribution is 5.77. The molecule has 2 amide bonds. The van der Waals surface area contributed by atoms with Gasteiger partial charge in [0.25, 0.3) is 0 Å². The lowest BCUT2D eigenvalue weighted by molar-refractivity contribution is -0.187. The van der Waals surface area contributed by atoms with Gasteiger partial charge in [0, 0.05) is 26.7 Å². The minimum Gasteiger partial charge on any atom is -0.481 e. The van der Waals surface area contributed by atoms with Crippen molar-refractivity contribution in [1.82, 2.24) is 10.2 Å². The molecular formula is C12H19F3N2O4. The number of ether oxygens (including phenoxy) is 1. The minimum atomic E-state index is -4.64. The fourth-order valence-electron chi connectivity index (χ4n) is 2.16. The van der Waals surface area contributed by atoms with Crippen molar-refractivity contribution in [3.63, 3.8) is 0 Å². The van der Waals surface area contributed by atoms with Crippen molar-refractivity contribution < 1.29 is 32.6 Å². The van der Waals surface area contributed by atoms with Gasteiger partial charge in [-0.2, -0.15) is 13.2 Å². The van der Waals surface area contributed by atoms with E-state index in [1.165, 1.54) is 7.11 Å². The van der Waals surface area contributed by atoms with Crippen molar-refractivity contribution in [1.29, 1.82) is 0 Å². The zero-order valence-electron chi connectivity index (χ0n) is 11.8. The third-order valence-electron chi connectivity index (χ3n) is 3.57. The first kappa shape index (κ1) is 17.5. The summed E-state index contributed by atoms with van der Waals surface area (Å²) in [6, 6.07) is -0.684. The van der Waals surface area contributed by atoms with E-state index in [4.69, 9.17) is 9.84 Å². The molecule has 1 saturated heterocycles. The summed E-state index contributed by atoms with van der Waals surface area (Å²) in [6.07, 6.45) is -4.21. The van der Waals surface area contributed by atoms with Crippen LogP contribution in [0.2, 0.25) is 0 Å². The van der Waals surface area contributed by atoms with Gasteiger partial charge in [0.2, 0.25) is 0 Å². The Morgan fingerprint density at radius 2 is 2.05 bits per heavy atom. The van der Waals surface area contributed by atoms with Gasteiger partial charge in [0.15, 0.2) is 0 Å². The molecule has 0 aromatic heterocycles. The summed E-state index contributed by atoms with van der Waals surface area (Å²) >= 11 is 0. The summed E-state index contributed by atoms with van der Waals surface area (Å²) in [5.74, 6) is -5.19. The standard InChI is InChI=1S/C12H19F3N2O4/c1-7(21-2)3-4-16-11(20)17-5-8(10(18)19)9(6-17)12(13,14)15/h7-9H,3-6H2,1-2H3,(H,16,20)(H,18,19)/t7?,8-,9-/m1/s1. The number of carbonyl (C=O) groups is 2. The number of nitrogens with zero attached hydrogens (tertiary/aromatic N) is 1. The Morgan fingerprint density at radius 1 is 1.43 bits per heavy atom. The van der Waals surface area contributed by atoms with Gasteiger partial charge in [-0.25, -0.2) is 4.79 Å². The molecule has 9 heteroatoms. The summed E-state index contributed by atoms with van der Waals surface area (Å²) in [4.78, 5) is 23.6. The second-order valence-corrected chi connectivity index (χ2v) is 5.06. The van der Waals surface area contributed by atoms with Gasteiger partial charge in [0.1, 0.15) is 0 Å². The average Bonchev–Trinajstić information content (AvgIpc) is 2.83. The Morgan fingerprint density at radius 3 is 2.48 bits per heavy atom. The van der Waals surface area contributed by atoms with Crippen LogP contribution in [-0.4, -0.2) is 61.0 Å². The number of halogens is 3. The van der Waals surface area contributed by atoms with Crippen LogP contribution in [0.25, 0.3) is 0 Å². The van der Waals surface area contributed by atoms with E-state index in [9.17, 15) is 22.8 Å². The third-order valence-corrected chi connectivity index (χ3v) is 3.57. The Kier molecular flexibility index (Phi) is 5.82. The molecule has 0 bridgehead atoms. The lowest BCUT2D eigenvalue weighted by Crippen LogP contribution is -2.40. The minimum absolute atomic E-state index is 0.0847. The summed E-state index contributed by atoms with van der Waals surface area (Å²) in [5, 5.41) is 11.3. The zero-order valence-corrected chi connectivity index (χ0v) is 11.8. The van der Waals surface area contributed by atoms with Crippen LogP contribution >= 0.6 is 0 Å². The SMILES string of the molecule is COC(C)CCNC(=O)N1C[C@@H](C(F)(F)F)[C@H](C(=O)O)C1. The third kappa shape index (κ3) is 4.76. The fourth-order valence-corrected chi connectivity index (χ4v) is 2.16. The van der Waals surface area contributed by atoms with Crippen LogP contribution in [0, 0.1) is 11.8 Å². The summed E-state index contributed by atoms with van der Waals surface area (Å²) in [7, 11) is 1.51. The lowest BCUT2D eigenvalue weighted by Gasteiger charge is -2.19. The van der Waals surface area contributed by atoms with Gasteiger partial charge in [-0.05, 0) is 13.3 Å². The van der Waals surface area contributed by atoms with Gasteiger partial charge in [-0.15, -0.1) is 0 Å². The molecule has 122 valence electrons. The summed E-state index contributed by atoms with van der Waals surface area (Å²) in [5.41, 5.74) is 0. The number of carboxylic acid groups (broad SMARTS) is 1. The number of carbonyl (C=O) groups excluding carboxylic acids is 1. The Bertz CT molecular complexity index is 389. The predicted molar refractivity (Wildman–Crippen MR) is 66.7 cm³/mol. The molecule has 0 spiro atoms. The van der Waals surface area contributed by atoms with E-state index in [2.05, 4.69) is 5.32 Å². The number of urea groups is 1. The maximum absolute atomic E-state index is 12.8. The lowest BCUT2D eigenvalue weighted by atomic mass is 9.96. The Labute approximate surface area is 120 Å². The number of rotatable bonds is 5. The zero-order chi connectivity index (χ0) is 16.2. The molecule has 0 aromatic carbocycles. The van der Waals surface area contributed by atoms with Gasteiger partial charge >= 0.3 is 18.2 Å². The second-order valence-electron chi connectivity index (χ2n) is 5.06. The molecular weight excluding hydrogens is 293 g/mol. The van der Waals surface area contributed by atoms with Crippen molar-refractivity contribution in [3.05, 3.63) is 0 Å². The number of nitrogens with one attached hydrogen (secondary N) is 1. The van der Waals surface area contributed by atoms with Crippen LogP contribution in [0.4, 0.5) is 18.0 Å². The topological polar surface area (TPSA) is 78.9 Å². The van der Waals surface area contributed by atoms with Crippen LogP contribution in [0.5, 0.6) is 0 Å². The summed E-state index contributed by atoms with van der Waals surface area (Å²) < 4.78 is 43.3. The highest BCUT2D eigenvalue weighted by Crippen LogP contribution is 2.37. The Balaban J connectivity index is 2.57. The van der Waals surface area contributed by atoms with Crippen LogP contribution in [0.3, 0.4) is 0 Å². The van der Waals surface area contributed by atoms with E-state index in [1.54, 1.807) is 6.92 Å². The highest BCUT2D eigenvalue weighted by Gasteiger charge is 2.53. The van der Waals surface area contributed by atoms with Gasteiger partial charge < -0.3 is 20.1 Å². The van der Waals surface area contributed by atoms with E-state index in [1.807, 2.05) is 0 Å². The monoisotopic (exact) mass is 312 g/mol. The number of hydrogen-bond acceptors (Lipinski definition) is 3. The molecule has 0 radical (unpaired) electrons. The van der Waals surface area contributed by atoms with Crippen molar-refractivity contribution in [2.75, 3.05) is 26.7 Å². The van der Waals surface area contributed by atoms with Crippen molar-refractivity contribution in [2.24, 2.45) is 11.8 Å². The predicted octanol–water partition coefficient (Wildman–Crippen LogP) is 1.32. The van der Waals surface area contributed by atoms with E-state index < -0.39 is 43.1 Å². The fraction of sp³-hybridized carbons (Fsp3) is 0.833. The molecule has 2 N–H and O–H groups in total. The van der Waals surface area contributed by atoms with Crippen LogP contribution in [0.15, 0.2) is 0 Å². The highest BCUT2D eigenvalue weighted by atomic mass is 19.4. The first-order valence-corrected chi connectivity index (χ1v) is 6.52. The molecule has 1 aliphatic rings. The molecule has 1 unspecified atom stereocenters. The van der Waals surface area contributed by atoms with Gasteiger partial charge in [0.05, 0.1) is 17.9 Å². The number of alkyl halides is 3. The quantitative estimate of drug-likeness (QED) is 0.802. The molecule has 3 atom stereocenters. The first-order chi connectivity index (χ1) is 9.66. The maximum atomic E-state index is 12.8. The number of carboxylic acids is 1. The van der Waals surface area contributed by atoms with Crippen molar-refractivity contribution in [2.45, 2.75) is 25.6 Å². The number of hydrogen-bond donors (Lipinski definition) is 2. The smallest absolute Gasteiger partial charge is 0.394 e. The molecule has 1 fully saturated rings. The van der Waals surface area contributed by atoms with E-state index in [0.717, 1.165) is 4.90 Å². The van der Waals surface area contributed by atoms with Crippen LogP contribution < -0.4 is 5.32 Å². The normalized spacial score (nSPS) is 24.0.